The van der Waals surface area contributed by atoms with Gasteiger partial charge in [0.25, 0.3) is 0 Å². The minimum atomic E-state index is -0.508. The number of ketones is 1. The normalized spacial score (nSPS) is 12.8. The third kappa shape index (κ3) is 8.36. The number of esters is 1. The molecule has 0 bridgehead atoms. The molecule has 0 saturated carbocycles. The van der Waals surface area contributed by atoms with Gasteiger partial charge in [-0.15, -0.1) is 0 Å². The van der Waals surface area contributed by atoms with Gasteiger partial charge in [0.1, 0.15) is 0 Å². The fourth-order valence-electron chi connectivity index (χ4n) is 1.67. The van der Waals surface area contributed by atoms with Gasteiger partial charge in [0.2, 0.25) is 0 Å². The lowest BCUT2D eigenvalue weighted by atomic mass is 9.98. The van der Waals surface area contributed by atoms with Crippen molar-refractivity contribution in [1.82, 2.24) is 0 Å². The van der Waals surface area contributed by atoms with Gasteiger partial charge in [-0.2, -0.15) is 0 Å². The maximum absolute atomic E-state index is 11.6. The van der Waals surface area contributed by atoms with Crippen molar-refractivity contribution in [3.63, 3.8) is 0 Å². The molecule has 3 heteroatoms. The number of carbonyl (C=O) groups is 2. The molecule has 0 aliphatic rings. The summed E-state index contributed by atoms with van der Waals surface area (Å²) < 4.78 is 4.87. The summed E-state index contributed by atoms with van der Waals surface area (Å²) >= 11 is 0. The highest BCUT2D eigenvalue weighted by Gasteiger charge is 2.15. The summed E-state index contributed by atoms with van der Waals surface area (Å²) in [5, 5.41) is 0. The maximum Gasteiger partial charge on any atom is 0.341 e. The highest BCUT2D eigenvalue weighted by atomic mass is 16.5. The van der Waals surface area contributed by atoms with E-state index in [1.54, 1.807) is 13.0 Å². The van der Waals surface area contributed by atoms with Crippen LogP contribution in [0.25, 0.3) is 0 Å². The van der Waals surface area contributed by atoms with Crippen LogP contribution in [-0.4, -0.2) is 18.4 Å². The molecule has 0 fully saturated rings. The number of hydrogen-bond donors (Lipinski definition) is 0. The molecular weight excluding hydrogens is 240 g/mol. The largest absolute Gasteiger partial charge is 0.462 e. The van der Waals surface area contributed by atoms with Crippen LogP contribution in [0.4, 0.5) is 0 Å². The Morgan fingerprint density at radius 2 is 1.79 bits per heavy atom. The van der Waals surface area contributed by atoms with Crippen molar-refractivity contribution in [3.8, 4) is 0 Å². The Balaban J connectivity index is 4.42. The SMILES string of the molecule is CCOC(=O)C(=CCC(C)CCC=C(C)C)C(C)=O. The number of ether oxygens (including phenoxy) is 1. The average Bonchev–Trinajstić information content (AvgIpc) is 2.28. The fraction of sp³-hybridized carbons (Fsp3) is 0.625. The summed E-state index contributed by atoms with van der Waals surface area (Å²) in [7, 11) is 0. The molecule has 0 rings (SSSR count). The Hall–Kier alpha value is -1.38. The van der Waals surface area contributed by atoms with Gasteiger partial charge in [-0.25, -0.2) is 4.79 Å². The summed E-state index contributed by atoms with van der Waals surface area (Å²) in [5.74, 6) is -0.291. The molecule has 0 aromatic carbocycles. The van der Waals surface area contributed by atoms with Crippen LogP contribution in [0.1, 0.15) is 53.9 Å². The van der Waals surface area contributed by atoms with Crippen LogP contribution in [0.5, 0.6) is 0 Å². The van der Waals surface area contributed by atoms with Crippen molar-refractivity contribution < 1.29 is 14.3 Å². The number of hydrogen-bond acceptors (Lipinski definition) is 3. The lowest BCUT2D eigenvalue weighted by molar-refractivity contribution is -0.139. The molecule has 0 amide bonds. The van der Waals surface area contributed by atoms with Crippen LogP contribution < -0.4 is 0 Å². The first-order valence-corrected chi connectivity index (χ1v) is 6.90. The van der Waals surface area contributed by atoms with Gasteiger partial charge in [0.15, 0.2) is 5.78 Å². The molecule has 108 valence electrons. The van der Waals surface area contributed by atoms with Crippen molar-refractivity contribution >= 4 is 11.8 Å². The molecule has 0 aromatic rings. The van der Waals surface area contributed by atoms with Gasteiger partial charge in [0.05, 0.1) is 12.2 Å². The van der Waals surface area contributed by atoms with Crippen LogP contribution in [0.2, 0.25) is 0 Å². The third-order valence-electron chi connectivity index (χ3n) is 2.81. The van der Waals surface area contributed by atoms with E-state index in [4.69, 9.17) is 4.74 Å². The summed E-state index contributed by atoms with van der Waals surface area (Å²) in [4.78, 5) is 23.0. The summed E-state index contributed by atoms with van der Waals surface area (Å²) in [5.41, 5.74) is 1.50. The molecule has 0 radical (unpaired) electrons. The van der Waals surface area contributed by atoms with E-state index in [0.29, 0.717) is 12.5 Å². The lowest BCUT2D eigenvalue weighted by Gasteiger charge is -2.08. The fourth-order valence-corrected chi connectivity index (χ4v) is 1.67. The molecule has 19 heavy (non-hydrogen) atoms. The zero-order valence-electron chi connectivity index (χ0n) is 12.8. The van der Waals surface area contributed by atoms with Gasteiger partial charge in [-0.05, 0) is 52.9 Å². The predicted molar refractivity (Wildman–Crippen MR) is 77.8 cm³/mol. The van der Waals surface area contributed by atoms with Crippen molar-refractivity contribution in [2.24, 2.45) is 5.92 Å². The van der Waals surface area contributed by atoms with E-state index in [0.717, 1.165) is 19.3 Å². The van der Waals surface area contributed by atoms with Crippen LogP contribution in [-0.2, 0) is 14.3 Å². The summed E-state index contributed by atoms with van der Waals surface area (Å²) in [6.45, 7) is 9.71. The van der Waals surface area contributed by atoms with Gasteiger partial charge in [-0.1, -0.05) is 24.6 Å². The van der Waals surface area contributed by atoms with Gasteiger partial charge in [-0.3, -0.25) is 4.79 Å². The molecule has 0 heterocycles. The topological polar surface area (TPSA) is 43.4 Å². The predicted octanol–water partition coefficient (Wildman–Crippen LogP) is 3.84. The second-order valence-corrected chi connectivity index (χ2v) is 5.09. The van der Waals surface area contributed by atoms with E-state index in [1.807, 2.05) is 0 Å². The van der Waals surface area contributed by atoms with Gasteiger partial charge in [0, 0.05) is 0 Å². The minimum absolute atomic E-state index is 0.177. The Morgan fingerprint density at radius 3 is 2.26 bits per heavy atom. The second-order valence-electron chi connectivity index (χ2n) is 5.09. The molecule has 0 aliphatic heterocycles. The first-order chi connectivity index (χ1) is 8.88. The van der Waals surface area contributed by atoms with Crippen molar-refractivity contribution in [2.75, 3.05) is 6.61 Å². The summed E-state index contributed by atoms with van der Waals surface area (Å²) in [6, 6.07) is 0. The van der Waals surface area contributed by atoms with E-state index >= 15 is 0 Å². The monoisotopic (exact) mass is 266 g/mol. The Kier molecular flexibility index (Phi) is 8.84. The number of rotatable bonds is 8. The third-order valence-corrected chi connectivity index (χ3v) is 2.81. The van der Waals surface area contributed by atoms with Crippen LogP contribution >= 0.6 is 0 Å². The molecule has 0 N–H and O–H groups in total. The van der Waals surface area contributed by atoms with E-state index in [2.05, 4.69) is 26.8 Å². The molecule has 0 aromatic heterocycles. The first-order valence-electron chi connectivity index (χ1n) is 6.90. The summed E-state index contributed by atoms with van der Waals surface area (Å²) in [6.07, 6.45) is 6.73. The number of carbonyl (C=O) groups excluding carboxylic acids is 2. The zero-order chi connectivity index (χ0) is 14.8. The standard InChI is InChI=1S/C16H26O3/c1-6-19-16(18)15(14(5)17)11-10-13(4)9-7-8-12(2)3/h8,11,13H,6-7,9-10H2,1-5H3. The quantitative estimate of drug-likeness (QED) is 0.220. The van der Waals surface area contributed by atoms with Crippen molar-refractivity contribution in [3.05, 3.63) is 23.3 Å². The molecule has 3 nitrogen and oxygen atoms in total. The van der Waals surface area contributed by atoms with Crippen LogP contribution in [0.3, 0.4) is 0 Å². The highest BCUT2D eigenvalue weighted by Crippen LogP contribution is 2.14. The average molecular weight is 266 g/mol. The first kappa shape index (κ1) is 17.6. The Morgan fingerprint density at radius 1 is 1.16 bits per heavy atom. The number of allylic oxidation sites excluding steroid dienone is 3. The van der Waals surface area contributed by atoms with Crippen LogP contribution in [0.15, 0.2) is 23.3 Å². The number of Topliss-reactive ketones (excluding diaryl/α,β-unsaturated/α-hetero) is 1. The van der Waals surface area contributed by atoms with E-state index in [9.17, 15) is 9.59 Å². The maximum atomic E-state index is 11.6. The molecule has 0 aliphatic carbocycles. The second kappa shape index (κ2) is 9.54. The van der Waals surface area contributed by atoms with E-state index in [1.165, 1.54) is 12.5 Å². The molecule has 0 spiro atoms. The smallest absolute Gasteiger partial charge is 0.341 e. The van der Waals surface area contributed by atoms with E-state index in [-0.39, 0.29) is 11.4 Å². The molecular formula is C16H26O3. The molecule has 1 unspecified atom stereocenters. The van der Waals surface area contributed by atoms with Crippen molar-refractivity contribution in [1.29, 1.82) is 0 Å². The molecule has 0 saturated heterocycles. The van der Waals surface area contributed by atoms with Gasteiger partial charge < -0.3 is 4.74 Å². The van der Waals surface area contributed by atoms with Crippen LogP contribution in [0, 0.1) is 5.92 Å². The minimum Gasteiger partial charge on any atom is -0.462 e. The zero-order valence-corrected chi connectivity index (χ0v) is 12.8. The lowest BCUT2D eigenvalue weighted by Crippen LogP contribution is -2.14. The Labute approximate surface area is 116 Å². The Bertz CT molecular complexity index is 360. The highest BCUT2D eigenvalue weighted by molar-refractivity contribution is 6.16. The molecule has 1 atom stereocenters. The van der Waals surface area contributed by atoms with E-state index < -0.39 is 5.97 Å². The van der Waals surface area contributed by atoms with Gasteiger partial charge >= 0.3 is 5.97 Å². The van der Waals surface area contributed by atoms with Crippen molar-refractivity contribution in [2.45, 2.75) is 53.9 Å².